The van der Waals surface area contributed by atoms with E-state index in [9.17, 15) is 4.79 Å². The molecule has 0 saturated heterocycles. The number of hydrogen-bond acceptors (Lipinski definition) is 4. The first-order chi connectivity index (χ1) is 9.08. The average Bonchev–Trinajstić information content (AvgIpc) is 2.42. The number of ether oxygens (including phenoxy) is 2. The maximum atomic E-state index is 11.0. The minimum absolute atomic E-state index is 0.236. The predicted octanol–water partition coefficient (Wildman–Crippen LogP) is 1.43. The van der Waals surface area contributed by atoms with Crippen LogP contribution in [0.25, 0.3) is 0 Å². The third-order valence-corrected chi connectivity index (χ3v) is 2.71. The molecule has 1 aromatic carbocycles. The van der Waals surface area contributed by atoms with E-state index in [0.29, 0.717) is 18.9 Å². The summed E-state index contributed by atoms with van der Waals surface area (Å²) in [5.74, 6) is 0.656. The lowest BCUT2D eigenvalue weighted by Crippen LogP contribution is -2.26. The summed E-state index contributed by atoms with van der Waals surface area (Å²) < 4.78 is 11.1. The zero-order chi connectivity index (χ0) is 14.3. The van der Waals surface area contributed by atoms with Crippen LogP contribution in [-0.4, -0.2) is 19.1 Å². The fraction of sp³-hybridized carbons (Fsp3) is 0.500. The van der Waals surface area contributed by atoms with E-state index >= 15 is 0 Å². The van der Waals surface area contributed by atoms with E-state index in [1.54, 1.807) is 13.0 Å². The SMILES string of the molecule is CCCOc1ccc(CN)c(OCC(C)C(N)=O)c1. The van der Waals surface area contributed by atoms with Gasteiger partial charge < -0.3 is 20.9 Å². The Bertz CT molecular complexity index is 421. The number of hydrogen-bond donors (Lipinski definition) is 2. The van der Waals surface area contributed by atoms with Gasteiger partial charge in [0.1, 0.15) is 11.5 Å². The third-order valence-electron chi connectivity index (χ3n) is 2.71. The van der Waals surface area contributed by atoms with Crippen LogP contribution in [0.4, 0.5) is 0 Å². The molecule has 19 heavy (non-hydrogen) atoms. The van der Waals surface area contributed by atoms with E-state index in [-0.39, 0.29) is 18.4 Å². The molecule has 1 unspecified atom stereocenters. The molecule has 5 heteroatoms. The standard InChI is InChI=1S/C14H22N2O3/c1-3-6-18-12-5-4-11(8-15)13(7-12)19-9-10(2)14(16)17/h4-5,7,10H,3,6,8-9,15H2,1-2H3,(H2,16,17). The number of amides is 1. The van der Waals surface area contributed by atoms with Gasteiger partial charge in [-0.15, -0.1) is 0 Å². The summed E-state index contributed by atoms with van der Waals surface area (Å²) >= 11 is 0. The molecule has 4 N–H and O–H groups in total. The van der Waals surface area contributed by atoms with Crippen LogP contribution in [-0.2, 0) is 11.3 Å². The van der Waals surface area contributed by atoms with E-state index in [2.05, 4.69) is 0 Å². The number of rotatable bonds is 8. The monoisotopic (exact) mass is 266 g/mol. The van der Waals surface area contributed by atoms with Crippen molar-refractivity contribution in [1.82, 2.24) is 0 Å². The van der Waals surface area contributed by atoms with Crippen LogP contribution < -0.4 is 20.9 Å². The van der Waals surface area contributed by atoms with Crippen molar-refractivity contribution in [3.8, 4) is 11.5 Å². The molecule has 5 nitrogen and oxygen atoms in total. The molecule has 1 rings (SSSR count). The molecule has 0 aliphatic rings. The van der Waals surface area contributed by atoms with Crippen molar-refractivity contribution in [2.45, 2.75) is 26.8 Å². The lowest BCUT2D eigenvalue weighted by molar-refractivity contribution is -0.122. The molecule has 106 valence electrons. The van der Waals surface area contributed by atoms with Gasteiger partial charge in [-0.05, 0) is 12.5 Å². The summed E-state index contributed by atoms with van der Waals surface area (Å²) in [6, 6.07) is 5.53. The zero-order valence-electron chi connectivity index (χ0n) is 11.5. The highest BCUT2D eigenvalue weighted by Gasteiger charge is 2.11. The van der Waals surface area contributed by atoms with Crippen molar-refractivity contribution in [2.24, 2.45) is 17.4 Å². The second kappa shape index (κ2) is 7.63. The summed E-state index contributed by atoms with van der Waals surface area (Å²) in [5, 5.41) is 0. The van der Waals surface area contributed by atoms with Crippen molar-refractivity contribution in [3.63, 3.8) is 0 Å². The number of carbonyl (C=O) groups is 1. The van der Waals surface area contributed by atoms with Crippen molar-refractivity contribution >= 4 is 5.91 Å². The smallest absolute Gasteiger partial charge is 0.223 e. The molecule has 1 aromatic rings. The zero-order valence-corrected chi connectivity index (χ0v) is 11.5. The number of primary amides is 1. The van der Waals surface area contributed by atoms with Gasteiger partial charge in [-0.25, -0.2) is 0 Å². The third kappa shape index (κ3) is 4.79. The number of carbonyl (C=O) groups excluding carboxylic acids is 1. The number of nitrogens with two attached hydrogens (primary N) is 2. The molecule has 1 amide bonds. The Morgan fingerprint density at radius 1 is 1.37 bits per heavy atom. The molecule has 0 aromatic heterocycles. The second-order valence-electron chi connectivity index (χ2n) is 4.44. The van der Waals surface area contributed by atoms with E-state index in [0.717, 1.165) is 17.7 Å². The Morgan fingerprint density at radius 3 is 2.68 bits per heavy atom. The molecule has 0 saturated carbocycles. The van der Waals surface area contributed by atoms with Crippen LogP contribution in [0.5, 0.6) is 11.5 Å². The van der Waals surface area contributed by atoms with E-state index in [1.165, 1.54) is 0 Å². The van der Waals surface area contributed by atoms with Gasteiger partial charge >= 0.3 is 0 Å². The first-order valence-electron chi connectivity index (χ1n) is 6.46. The quantitative estimate of drug-likeness (QED) is 0.745. The topological polar surface area (TPSA) is 87.6 Å². The Hall–Kier alpha value is -1.75. The molecule has 0 aliphatic carbocycles. The molecule has 0 bridgehead atoms. The van der Waals surface area contributed by atoms with E-state index < -0.39 is 0 Å². The fourth-order valence-corrected chi connectivity index (χ4v) is 1.44. The van der Waals surface area contributed by atoms with Crippen LogP contribution in [0.15, 0.2) is 18.2 Å². The molecule has 0 spiro atoms. The van der Waals surface area contributed by atoms with Crippen LogP contribution in [0.3, 0.4) is 0 Å². The summed E-state index contributed by atoms with van der Waals surface area (Å²) in [6.45, 7) is 5.02. The highest BCUT2D eigenvalue weighted by Crippen LogP contribution is 2.25. The minimum Gasteiger partial charge on any atom is -0.493 e. The summed E-state index contributed by atoms with van der Waals surface area (Å²) in [5.41, 5.74) is 11.7. The Labute approximate surface area is 113 Å². The molecular formula is C14H22N2O3. The Balaban J connectivity index is 2.75. The normalized spacial score (nSPS) is 11.9. The Kier molecular flexibility index (Phi) is 6.15. The highest BCUT2D eigenvalue weighted by atomic mass is 16.5. The van der Waals surface area contributed by atoms with Gasteiger partial charge in [-0.1, -0.05) is 19.9 Å². The van der Waals surface area contributed by atoms with E-state index in [4.69, 9.17) is 20.9 Å². The van der Waals surface area contributed by atoms with Gasteiger partial charge in [0, 0.05) is 18.2 Å². The van der Waals surface area contributed by atoms with Gasteiger partial charge in [0.05, 0.1) is 19.1 Å². The second-order valence-corrected chi connectivity index (χ2v) is 4.44. The van der Waals surface area contributed by atoms with Crippen molar-refractivity contribution in [1.29, 1.82) is 0 Å². The first kappa shape index (κ1) is 15.3. The van der Waals surface area contributed by atoms with Crippen LogP contribution in [0, 0.1) is 5.92 Å². The van der Waals surface area contributed by atoms with Gasteiger partial charge in [0.15, 0.2) is 0 Å². The summed E-state index contributed by atoms with van der Waals surface area (Å²) in [4.78, 5) is 11.0. The summed E-state index contributed by atoms with van der Waals surface area (Å²) in [6.07, 6.45) is 0.938. The first-order valence-corrected chi connectivity index (χ1v) is 6.46. The van der Waals surface area contributed by atoms with E-state index in [1.807, 2.05) is 19.1 Å². The lowest BCUT2D eigenvalue weighted by Gasteiger charge is -2.14. The predicted molar refractivity (Wildman–Crippen MR) is 74.0 cm³/mol. The van der Waals surface area contributed by atoms with Crippen LogP contribution in [0.2, 0.25) is 0 Å². The highest BCUT2D eigenvalue weighted by molar-refractivity contribution is 5.76. The van der Waals surface area contributed by atoms with Crippen LogP contribution >= 0.6 is 0 Å². The average molecular weight is 266 g/mol. The lowest BCUT2D eigenvalue weighted by atomic mass is 10.1. The fourth-order valence-electron chi connectivity index (χ4n) is 1.44. The van der Waals surface area contributed by atoms with Gasteiger partial charge in [-0.3, -0.25) is 4.79 Å². The number of benzene rings is 1. The molecule has 0 aliphatic heterocycles. The Morgan fingerprint density at radius 2 is 2.11 bits per heavy atom. The van der Waals surface area contributed by atoms with Gasteiger partial charge in [0.2, 0.25) is 5.91 Å². The molecule has 1 atom stereocenters. The molecule has 0 fully saturated rings. The van der Waals surface area contributed by atoms with Crippen molar-refractivity contribution < 1.29 is 14.3 Å². The van der Waals surface area contributed by atoms with Crippen molar-refractivity contribution in [2.75, 3.05) is 13.2 Å². The summed E-state index contributed by atoms with van der Waals surface area (Å²) in [7, 11) is 0. The molecule has 0 radical (unpaired) electrons. The molecule has 0 heterocycles. The van der Waals surface area contributed by atoms with Gasteiger partial charge in [-0.2, -0.15) is 0 Å². The maximum Gasteiger partial charge on any atom is 0.223 e. The largest absolute Gasteiger partial charge is 0.493 e. The van der Waals surface area contributed by atoms with Gasteiger partial charge in [0.25, 0.3) is 0 Å². The maximum absolute atomic E-state index is 11.0. The van der Waals surface area contributed by atoms with Crippen molar-refractivity contribution in [3.05, 3.63) is 23.8 Å². The van der Waals surface area contributed by atoms with Crippen LogP contribution in [0.1, 0.15) is 25.8 Å². The molecular weight excluding hydrogens is 244 g/mol. The minimum atomic E-state index is -0.382.